The van der Waals surface area contributed by atoms with E-state index < -0.39 is 6.04 Å². The second-order valence-electron chi connectivity index (χ2n) is 6.82. The number of piperidine rings is 1. The number of rotatable bonds is 7. The van der Waals surface area contributed by atoms with Crippen LogP contribution in [0.25, 0.3) is 0 Å². The minimum atomic E-state index is -0.439. The van der Waals surface area contributed by atoms with Gasteiger partial charge >= 0.3 is 0 Å². The normalized spacial score (nSPS) is 18.6. The van der Waals surface area contributed by atoms with Crippen molar-refractivity contribution in [2.45, 2.75) is 64.5 Å². The second-order valence-corrected chi connectivity index (χ2v) is 6.82. The van der Waals surface area contributed by atoms with Gasteiger partial charge in [0.15, 0.2) is 0 Å². The van der Waals surface area contributed by atoms with Gasteiger partial charge in [0.05, 0.1) is 17.5 Å². The van der Waals surface area contributed by atoms with Crippen LogP contribution in [0.4, 0.5) is 0 Å². The van der Waals surface area contributed by atoms with Crippen LogP contribution in [0.15, 0.2) is 6.20 Å². The predicted molar refractivity (Wildman–Crippen MR) is 93.0 cm³/mol. The summed E-state index contributed by atoms with van der Waals surface area (Å²) in [6.07, 6.45) is 4.03. The molecule has 2 heterocycles. The van der Waals surface area contributed by atoms with Gasteiger partial charge in [0.2, 0.25) is 11.8 Å². The molecule has 3 amide bonds. The molecule has 1 aliphatic rings. The van der Waals surface area contributed by atoms with Crippen LogP contribution in [0.1, 0.15) is 68.4 Å². The average Bonchev–Trinajstić information content (AvgIpc) is 3.04. The highest BCUT2D eigenvalue weighted by Crippen LogP contribution is 2.16. The Morgan fingerprint density at radius 2 is 2.12 bits per heavy atom. The zero-order valence-electron chi connectivity index (χ0n) is 15.0. The summed E-state index contributed by atoms with van der Waals surface area (Å²) >= 11 is 0. The number of carbonyl (C=O) groups excluding carboxylic acids is 3. The van der Waals surface area contributed by atoms with Crippen LogP contribution in [0, 0.1) is 0 Å². The van der Waals surface area contributed by atoms with Crippen molar-refractivity contribution in [3.8, 4) is 0 Å². The van der Waals surface area contributed by atoms with Gasteiger partial charge in [-0.3, -0.25) is 19.5 Å². The van der Waals surface area contributed by atoms with E-state index in [2.05, 4.69) is 26.1 Å². The molecule has 8 nitrogen and oxygen atoms in total. The van der Waals surface area contributed by atoms with Crippen molar-refractivity contribution in [1.29, 1.82) is 0 Å². The summed E-state index contributed by atoms with van der Waals surface area (Å²) in [7, 11) is 0. The highest BCUT2D eigenvalue weighted by atomic mass is 16.2. The molecule has 1 aromatic rings. The molecular weight excluding hydrogens is 322 g/mol. The number of aromatic amines is 1. The Balaban J connectivity index is 1.74. The van der Waals surface area contributed by atoms with Crippen molar-refractivity contribution >= 4 is 17.7 Å². The topological polar surface area (TPSA) is 116 Å². The molecule has 0 aromatic carbocycles. The lowest BCUT2D eigenvalue weighted by atomic mass is 10.0. The number of nitrogens with one attached hydrogen (secondary N) is 4. The number of amides is 3. The fourth-order valence-electron chi connectivity index (χ4n) is 2.83. The minimum absolute atomic E-state index is 0.0758. The number of nitrogens with zero attached hydrogens (tertiary/aromatic N) is 1. The van der Waals surface area contributed by atoms with E-state index in [4.69, 9.17) is 0 Å². The van der Waals surface area contributed by atoms with Crippen LogP contribution in [0.3, 0.4) is 0 Å². The molecule has 2 atom stereocenters. The third kappa shape index (κ3) is 5.30. The maximum absolute atomic E-state index is 12.3. The highest BCUT2D eigenvalue weighted by molar-refractivity contribution is 5.95. The molecule has 0 unspecified atom stereocenters. The molecule has 25 heavy (non-hydrogen) atoms. The molecule has 1 aromatic heterocycles. The summed E-state index contributed by atoms with van der Waals surface area (Å²) in [5.41, 5.74) is 1.36. The van der Waals surface area contributed by atoms with Gasteiger partial charge in [-0.2, -0.15) is 5.10 Å². The summed E-state index contributed by atoms with van der Waals surface area (Å²) in [5, 5.41) is 15.2. The molecule has 2 rings (SSSR count). The van der Waals surface area contributed by atoms with Crippen molar-refractivity contribution in [2.75, 3.05) is 6.54 Å². The molecule has 1 aliphatic heterocycles. The molecule has 0 bridgehead atoms. The summed E-state index contributed by atoms with van der Waals surface area (Å²) < 4.78 is 0. The quantitative estimate of drug-likeness (QED) is 0.583. The van der Waals surface area contributed by atoms with Crippen LogP contribution in [-0.2, 0) is 9.59 Å². The molecule has 0 spiro atoms. The van der Waals surface area contributed by atoms with Gasteiger partial charge in [-0.25, -0.2) is 0 Å². The van der Waals surface area contributed by atoms with E-state index in [0.29, 0.717) is 31.4 Å². The standard InChI is InChI=1S/C17H27N5O3/c1-10(2)15-12(9-19-22-15)16(24)20-11(3)7-8-18-17(25)13-5-4-6-14(23)21-13/h9-11,13H,4-8H2,1-3H3,(H,18,25)(H,19,22)(H,20,24)(H,21,23)/t11-,13-/m1/s1. The fourth-order valence-corrected chi connectivity index (χ4v) is 2.83. The van der Waals surface area contributed by atoms with Gasteiger partial charge in [-0.05, 0) is 32.1 Å². The third-order valence-electron chi connectivity index (χ3n) is 4.29. The Morgan fingerprint density at radius 1 is 1.36 bits per heavy atom. The van der Waals surface area contributed by atoms with E-state index in [-0.39, 0.29) is 29.7 Å². The Labute approximate surface area is 147 Å². The van der Waals surface area contributed by atoms with Gasteiger partial charge in [-0.15, -0.1) is 0 Å². The van der Waals surface area contributed by atoms with Crippen LogP contribution in [-0.4, -0.2) is 46.5 Å². The maximum Gasteiger partial charge on any atom is 0.254 e. The van der Waals surface area contributed by atoms with Crippen molar-refractivity contribution in [3.63, 3.8) is 0 Å². The van der Waals surface area contributed by atoms with Gasteiger partial charge in [0, 0.05) is 19.0 Å². The molecule has 138 valence electrons. The number of H-pyrrole nitrogens is 1. The van der Waals surface area contributed by atoms with Gasteiger partial charge in [0.1, 0.15) is 6.04 Å². The van der Waals surface area contributed by atoms with Crippen LogP contribution < -0.4 is 16.0 Å². The molecule has 0 aliphatic carbocycles. The SMILES string of the molecule is CC(C)c1[nH]ncc1C(=O)N[C@H](C)CCNC(=O)[C@H]1CCCC(=O)N1. The van der Waals surface area contributed by atoms with E-state index in [9.17, 15) is 14.4 Å². The Hall–Kier alpha value is -2.38. The minimum Gasteiger partial charge on any atom is -0.354 e. The van der Waals surface area contributed by atoms with Crippen LogP contribution in [0.2, 0.25) is 0 Å². The van der Waals surface area contributed by atoms with Crippen molar-refractivity contribution in [3.05, 3.63) is 17.5 Å². The van der Waals surface area contributed by atoms with Gasteiger partial charge in [-0.1, -0.05) is 13.8 Å². The first-order chi connectivity index (χ1) is 11.9. The zero-order valence-corrected chi connectivity index (χ0v) is 15.0. The summed E-state index contributed by atoms with van der Waals surface area (Å²) in [6, 6.07) is -0.533. The van der Waals surface area contributed by atoms with Crippen molar-refractivity contribution < 1.29 is 14.4 Å². The van der Waals surface area contributed by atoms with E-state index in [0.717, 1.165) is 12.1 Å². The lowest BCUT2D eigenvalue weighted by Crippen LogP contribution is -2.49. The Morgan fingerprint density at radius 3 is 2.80 bits per heavy atom. The average molecular weight is 349 g/mol. The first-order valence-corrected chi connectivity index (χ1v) is 8.79. The molecule has 8 heteroatoms. The maximum atomic E-state index is 12.3. The Bertz CT molecular complexity index is 626. The molecule has 0 saturated carbocycles. The number of aromatic nitrogens is 2. The smallest absolute Gasteiger partial charge is 0.254 e. The van der Waals surface area contributed by atoms with Crippen molar-refractivity contribution in [1.82, 2.24) is 26.1 Å². The highest BCUT2D eigenvalue weighted by Gasteiger charge is 2.24. The first kappa shape index (κ1) is 19.0. The number of hydrogen-bond donors (Lipinski definition) is 4. The molecule has 4 N–H and O–H groups in total. The first-order valence-electron chi connectivity index (χ1n) is 8.79. The fraction of sp³-hybridized carbons (Fsp3) is 0.647. The lowest BCUT2D eigenvalue weighted by molar-refractivity contribution is -0.131. The van der Waals surface area contributed by atoms with E-state index >= 15 is 0 Å². The molecular formula is C17H27N5O3. The predicted octanol–water partition coefficient (Wildman–Crippen LogP) is 0.826. The van der Waals surface area contributed by atoms with E-state index in [1.165, 1.54) is 6.20 Å². The second kappa shape index (κ2) is 8.64. The van der Waals surface area contributed by atoms with E-state index in [1.807, 2.05) is 20.8 Å². The molecule has 1 saturated heterocycles. The monoisotopic (exact) mass is 349 g/mol. The van der Waals surface area contributed by atoms with Crippen molar-refractivity contribution in [2.24, 2.45) is 0 Å². The summed E-state index contributed by atoms with van der Waals surface area (Å²) in [4.78, 5) is 35.7. The third-order valence-corrected chi connectivity index (χ3v) is 4.29. The molecule has 1 fully saturated rings. The molecule has 0 radical (unpaired) electrons. The van der Waals surface area contributed by atoms with Gasteiger partial charge in [0.25, 0.3) is 5.91 Å². The van der Waals surface area contributed by atoms with Crippen LogP contribution in [0.5, 0.6) is 0 Å². The summed E-state index contributed by atoms with van der Waals surface area (Å²) in [5.74, 6) is -0.226. The zero-order chi connectivity index (χ0) is 18.4. The van der Waals surface area contributed by atoms with Crippen LogP contribution >= 0.6 is 0 Å². The largest absolute Gasteiger partial charge is 0.354 e. The van der Waals surface area contributed by atoms with E-state index in [1.54, 1.807) is 0 Å². The van der Waals surface area contributed by atoms with Gasteiger partial charge < -0.3 is 16.0 Å². The number of hydrogen-bond acceptors (Lipinski definition) is 4. The number of carbonyl (C=O) groups is 3. The lowest BCUT2D eigenvalue weighted by Gasteiger charge is -2.22. The summed E-state index contributed by atoms with van der Waals surface area (Å²) in [6.45, 7) is 6.32. The Kier molecular flexibility index (Phi) is 6.55.